The molecule has 0 spiro atoms. The van der Waals surface area contributed by atoms with Crippen molar-refractivity contribution in [2.24, 2.45) is 0 Å². The molecular formula is C10H14Cl2N2O2. The maximum atomic E-state index is 9.15. The van der Waals surface area contributed by atoms with Gasteiger partial charge in [-0.25, -0.2) is 0 Å². The van der Waals surface area contributed by atoms with E-state index < -0.39 is 5.54 Å². The maximum absolute atomic E-state index is 9.15. The van der Waals surface area contributed by atoms with Gasteiger partial charge in [-0.1, -0.05) is 23.2 Å². The number of hydrogen-bond acceptors (Lipinski definition) is 4. The minimum absolute atomic E-state index is 0.249. The molecule has 0 aliphatic carbocycles. The van der Waals surface area contributed by atoms with E-state index in [0.29, 0.717) is 21.4 Å². The SMILES string of the molecule is CC(CO)(CO)Nc1c(Cl)cc(N)cc1Cl. The molecule has 6 heteroatoms. The number of aliphatic hydroxyl groups excluding tert-OH is 2. The topological polar surface area (TPSA) is 78.5 Å². The number of nitrogens with one attached hydrogen (secondary N) is 1. The Balaban J connectivity index is 3.06. The minimum Gasteiger partial charge on any atom is -0.399 e. The van der Waals surface area contributed by atoms with E-state index in [1.807, 2.05) is 0 Å². The third-order valence-electron chi connectivity index (χ3n) is 2.19. The van der Waals surface area contributed by atoms with Crippen LogP contribution in [0.1, 0.15) is 6.92 Å². The van der Waals surface area contributed by atoms with Gasteiger partial charge in [0.05, 0.1) is 34.5 Å². The number of halogens is 2. The third-order valence-corrected chi connectivity index (χ3v) is 2.79. The van der Waals surface area contributed by atoms with Crippen molar-refractivity contribution in [1.82, 2.24) is 0 Å². The Hall–Kier alpha value is -0.680. The van der Waals surface area contributed by atoms with Crippen LogP contribution >= 0.6 is 23.2 Å². The molecule has 0 atom stereocenters. The third kappa shape index (κ3) is 2.92. The van der Waals surface area contributed by atoms with Crippen LogP contribution in [0.2, 0.25) is 10.0 Å². The lowest BCUT2D eigenvalue weighted by atomic mass is 10.0. The number of benzene rings is 1. The number of nitrogen functional groups attached to an aromatic ring is 1. The van der Waals surface area contributed by atoms with Crippen LogP contribution in [0.25, 0.3) is 0 Å². The van der Waals surface area contributed by atoms with Gasteiger partial charge in [0, 0.05) is 5.69 Å². The van der Waals surface area contributed by atoms with Crippen molar-refractivity contribution < 1.29 is 10.2 Å². The molecule has 90 valence electrons. The molecule has 0 saturated carbocycles. The summed E-state index contributed by atoms with van der Waals surface area (Å²) in [6.45, 7) is 1.15. The van der Waals surface area contributed by atoms with Crippen LogP contribution in [-0.2, 0) is 0 Å². The van der Waals surface area contributed by atoms with Gasteiger partial charge < -0.3 is 21.3 Å². The van der Waals surface area contributed by atoms with Crippen LogP contribution in [0.5, 0.6) is 0 Å². The Morgan fingerprint density at radius 3 is 2.06 bits per heavy atom. The summed E-state index contributed by atoms with van der Waals surface area (Å²) in [5.41, 5.74) is 5.58. The number of aliphatic hydroxyl groups is 2. The van der Waals surface area contributed by atoms with E-state index in [4.69, 9.17) is 39.1 Å². The second kappa shape index (κ2) is 5.10. The van der Waals surface area contributed by atoms with E-state index in [1.54, 1.807) is 19.1 Å². The Morgan fingerprint density at radius 1 is 1.25 bits per heavy atom. The molecule has 4 nitrogen and oxygen atoms in total. The number of anilines is 2. The van der Waals surface area contributed by atoms with Gasteiger partial charge in [0.2, 0.25) is 0 Å². The number of nitrogens with two attached hydrogens (primary N) is 1. The first-order valence-electron chi connectivity index (χ1n) is 4.66. The van der Waals surface area contributed by atoms with Gasteiger partial charge >= 0.3 is 0 Å². The predicted molar refractivity (Wildman–Crippen MR) is 67.1 cm³/mol. The van der Waals surface area contributed by atoms with E-state index in [-0.39, 0.29) is 13.2 Å². The first kappa shape index (κ1) is 13.4. The molecule has 0 heterocycles. The summed E-state index contributed by atoms with van der Waals surface area (Å²) in [7, 11) is 0. The Kier molecular flexibility index (Phi) is 4.27. The molecule has 0 fully saturated rings. The van der Waals surface area contributed by atoms with Crippen molar-refractivity contribution in [3.63, 3.8) is 0 Å². The molecule has 1 rings (SSSR count). The summed E-state index contributed by atoms with van der Waals surface area (Å²) >= 11 is 11.9. The molecule has 0 unspecified atom stereocenters. The summed E-state index contributed by atoms with van der Waals surface area (Å²) in [6.07, 6.45) is 0. The Morgan fingerprint density at radius 2 is 1.69 bits per heavy atom. The van der Waals surface area contributed by atoms with Crippen molar-refractivity contribution in [2.75, 3.05) is 24.3 Å². The first-order valence-corrected chi connectivity index (χ1v) is 5.42. The summed E-state index contributed by atoms with van der Waals surface area (Å²) in [5.74, 6) is 0. The molecule has 16 heavy (non-hydrogen) atoms. The molecule has 0 saturated heterocycles. The molecular weight excluding hydrogens is 251 g/mol. The second-order valence-electron chi connectivity index (χ2n) is 3.86. The van der Waals surface area contributed by atoms with Gasteiger partial charge in [-0.3, -0.25) is 0 Å². The highest BCUT2D eigenvalue weighted by molar-refractivity contribution is 6.39. The van der Waals surface area contributed by atoms with Crippen molar-refractivity contribution in [1.29, 1.82) is 0 Å². The molecule has 0 aliphatic heterocycles. The van der Waals surface area contributed by atoms with Gasteiger partial charge in [-0.15, -0.1) is 0 Å². The van der Waals surface area contributed by atoms with Crippen LogP contribution < -0.4 is 11.1 Å². The van der Waals surface area contributed by atoms with Crippen molar-refractivity contribution >= 4 is 34.6 Å². The highest BCUT2D eigenvalue weighted by Crippen LogP contribution is 2.34. The zero-order valence-corrected chi connectivity index (χ0v) is 10.3. The lowest BCUT2D eigenvalue weighted by Gasteiger charge is -2.28. The van der Waals surface area contributed by atoms with Gasteiger partial charge in [0.15, 0.2) is 0 Å². The Bertz CT molecular complexity index is 358. The Labute approximate surface area is 104 Å². The summed E-state index contributed by atoms with van der Waals surface area (Å²) in [5, 5.41) is 21.9. The average molecular weight is 265 g/mol. The van der Waals surface area contributed by atoms with E-state index in [1.165, 1.54) is 0 Å². The normalized spacial score (nSPS) is 11.6. The maximum Gasteiger partial charge on any atom is 0.0807 e. The zero-order valence-electron chi connectivity index (χ0n) is 8.80. The van der Waals surface area contributed by atoms with Gasteiger partial charge in [-0.05, 0) is 19.1 Å². The summed E-state index contributed by atoms with van der Waals surface area (Å²) < 4.78 is 0. The van der Waals surface area contributed by atoms with E-state index in [0.717, 1.165) is 0 Å². The largest absolute Gasteiger partial charge is 0.399 e. The summed E-state index contributed by atoms with van der Waals surface area (Å²) in [6, 6.07) is 3.09. The molecule has 0 aliphatic rings. The minimum atomic E-state index is -0.886. The monoisotopic (exact) mass is 264 g/mol. The average Bonchev–Trinajstić information content (AvgIpc) is 2.23. The highest BCUT2D eigenvalue weighted by Gasteiger charge is 2.24. The number of rotatable bonds is 4. The fraction of sp³-hybridized carbons (Fsp3) is 0.400. The van der Waals surface area contributed by atoms with Crippen molar-refractivity contribution in [3.05, 3.63) is 22.2 Å². The van der Waals surface area contributed by atoms with Crippen LogP contribution in [-0.4, -0.2) is 29.0 Å². The molecule has 0 aromatic heterocycles. The smallest absolute Gasteiger partial charge is 0.0807 e. The predicted octanol–water partition coefficient (Wildman–Crippen LogP) is 1.73. The molecule has 0 radical (unpaired) electrons. The fourth-order valence-corrected chi connectivity index (χ4v) is 1.74. The van der Waals surface area contributed by atoms with Crippen LogP contribution in [0.3, 0.4) is 0 Å². The lowest BCUT2D eigenvalue weighted by molar-refractivity contribution is 0.147. The number of hydrogen-bond donors (Lipinski definition) is 4. The van der Waals surface area contributed by atoms with E-state index in [9.17, 15) is 0 Å². The molecule has 1 aromatic carbocycles. The van der Waals surface area contributed by atoms with E-state index >= 15 is 0 Å². The lowest BCUT2D eigenvalue weighted by Crippen LogP contribution is -2.42. The fourth-order valence-electron chi connectivity index (χ4n) is 1.14. The van der Waals surface area contributed by atoms with Gasteiger partial charge in [0.25, 0.3) is 0 Å². The summed E-state index contributed by atoms with van der Waals surface area (Å²) in [4.78, 5) is 0. The zero-order chi connectivity index (χ0) is 12.3. The van der Waals surface area contributed by atoms with Crippen molar-refractivity contribution in [3.8, 4) is 0 Å². The highest BCUT2D eigenvalue weighted by atomic mass is 35.5. The van der Waals surface area contributed by atoms with Crippen molar-refractivity contribution in [2.45, 2.75) is 12.5 Å². The van der Waals surface area contributed by atoms with Crippen LogP contribution in [0.4, 0.5) is 11.4 Å². The molecule has 0 bridgehead atoms. The van der Waals surface area contributed by atoms with Gasteiger partial charge in [-0.2, -0.15) is 0 Å². The van der Waals surface area contributed by atoms with Crippen LogP contribution in [0, 0.1) is 0 Å². The standard InChI is InChI=1S/C10H14Cl2N2O2/c1-10(4-15,5-16)14-9-7(11)2-6(13)3-8(9)12/h2-3,14-16H,4-5,13H2,1H3. The molecule has 1 aromatic rings. The quantitative estimate of drug-likeness (QED) is 0.625. The van der Waals surface area contributed by atoms with Crippen LogP contribution in [0.15, 0.2) is 12.1 Å². The molecule has 5 N–H and O–H groups in total. The van der Waals surface area contributed by atoms with Gasteiger partial charge in [0.1, 0.15) is 0 Å². The second-order valence-corrected chi connectivity index (χ2v) is 4.68. The van der Waals surface area contributed by atoms with E-state index in [2.05, 4.69) is 5.32 Å². The molecule has 0 amide bonds. The first-order chi connectivity index (χ1) is 7.41.